The molecule has 3 nitrogen and oxygen atoms in total. The minimum absolute atomic E-state index is 0.551. The van der Waals surface area contributed by atoms with Crippen LogP contribution in [0.4, 0.5) is 0 Å². The van der Waals surface area contributed by atoms with E-state index in [-0.39, 0.29) is 0 Å². The fourth-order valence-electron chi connectivity index (χ4n) is 2.05. The summed E-state index contributed by atoms with van der Waals surface area (Å²) in [4.78, 5) is 0. The summed E-state index contributed by atoms with van der Waals surface area (Å²) in [6, 6.07) is 8.17. The predicted octanol–water partition coefficient (Wildman–Crippen LogP) is 0.412. The Hall–Kier alpha value is -0.900. The van der Waals surface area contributed by atoms with Crippen LogP contribution in [0.5, 0.6) is 0 Å². The van der Waals surface area contributed by atoms with Crippen molar-refractivity contribution in [1.29, 1.82) is 0 Å². The highest BCUT2D eigenvalue weighted by atomic mass is 16.3. The van der Waals surface area contributed by atoms with Crippen molar-refractivity contribution in [2.75, 3.05) is 13.1 Å². The Morgan fingerprint density at radius 3 is 2.47 bits per heavy atom. The highest BCUT2D eigenvalue weighted by molar-refractivity contribution is 5.24. The van der Waals surface area contributed by atoms with Crippen LogP contribution in [-0.2, 0) is 13.0 Å². The molecule has 1 aliphatic heterocycles. The maximum absolute atomic E-state index is 10.2. The van der Waals surface area contributed by atoms with Gasteiger partial charge in [0.25, 0.3) is 0 Å². The molecule has 1 fully saturated rings. The third-order valence-electron chi connectivity index (χ3n) is 3.01. The Kier molecular flexibility index (Phi) is 3.05. The standard InChI is InChI=1S/C12H18N2O/c13-8-11-3-1-10(2-4-11)7-12(15)5-6-14-9-12/h1-4,14-15H,5-9,13H2. The van der Waals surface area contributed by atoms with Crippen LogP contribution in [-0.4, -0.2) is 23.8 Å². The van der Waals surface area contributed by atoms with Crippen LogP contribution in [0.2, 0.25) is 0 Å². The first-order valence-electron chi connectivity index (χ1n) is 5.43. The molecule has 1 aliphatic rings. The van der Waals surface area contributed by atoms with E-state index in [1.54, 1.807) is 0 Å². The molecule has 1 atom stereocenters. The number of benzene rings is 1. The molecule has 1 aromatic carbocycles. The molecule has 0 radical (unpaired) electrons. The maximum Gasteiger partial charge on any atom is 0.0823 e. The van der Waals surface area contributed by atoms with Crippen molar-refractivity contribution in [1.82, 2.24) is 5.32 Å². The SMILES string of the molecule is NCc1ccc(CC2(O)CCNC2)cc1. The number of nitrogens with two attached hydrogens (primary N) is 1. The van der Waals surface area contributed by atoms with E-state index in [0.29, 0.717) is 13.1 Å². The van der Waals surface area contributed by atoms with Gasteiger partial charge in [-0.3, -0.25) is 0 Å². The first kappa shape index (κ1) is 10.6. The lowest BCUT2D eigenvalue weighted by atomic mass is 9.93. The van der Waals surface area contributed by atoms with Crippen molar-refractivity contribution in [2.24, 2.45) is 5.73 Å². The smallest absolute Gasteiger partial charge is 0.0823 e. The molecule has 0 aromatic heterocycles. The first-order valence-corrected chi connectivity index (χ1v) is 5.43. The van der Waals surface area contributed by atoms with Gasteiger partial charge in [-0.05, 0) is 24.1 Å². The van der Waals surface area contributed by atoms with Crippen LogP contribution in [0.25, 0.3) is 0 Å². The molecule has 15 heavy (non-hydrogen) atoms. The third-order valence-corrected chi connectivity index (χ3v) is 3.01. The normalized spacial score (nSPS) is 25.7. The minimum Gasteiger partial charge on any atom is -0.388 e. The molecule has 1 heterocycles. The highest BCUT2D eigenvalue weighted by Crippen LogP contribution is 2.20. The van der Waals surface area contributed by atoms with E-state index < -0.39 is 5.60 Å². The average molecular weight is 206 g/mol. The number of hydrogen-bond donors (Lipinski definition) is 3. The Balaban J connectivity index is 2.04. The molecule has 0 bridgehead atoms. The monoisotopic (exact) mass is 206 g/mol. The van der Waals surface area contributed by atoms with Crippen molar-refractivity contribution >= 4 is 0 Å². The summed E-state index contributed by atoms with van der Waals surface area (Å²) in [5.74, 6) is 0. The Bertz CT molecular complexity index is 315. The fourth-order valence-corrected chi connectivity index (χ4v) is 2.05. The zero-order chi connectivity index (χ0) is 10.7. The predicted molar refractivity (Wildman–Crippen MR) is 60.5 cm³/mol. The molecule has 1 saturated heterocycles. The quantitative estimate of drug-likeness (QED) is 0.671. The van der Waals surface area contributed by atoms with Gasteiger partial charge in [-0.25, -0.2) is 0 Å². The second-order valence-electron chi connectivity index (χ2n) is 4.35. The molecule has 0 spiro atoms. The average Bonchev–Trinajstić information content (AvgIpc) is 2.66. The summed E-state index contributed by atoms with van der Waals surface area (Å²) in [6.07, 6.45) is 1.57. The summed E-state index contributed by atoms with van der Waals surface area (Å²) < 4.78 is 0. The molecule has 2 rings (SSSR count). The first-order chi connectivity index (χ1) is 7.22. The Morgan fingerprint density at radius 1 is 1.27 bits per heavy atom. The van der Waals surface area contributed by atoms with Gasteiger partial charge in [0.1, 0.15) is 0 Å². The fraction of sp³-hybridized carbons (Fsp3) is 0.500. The van der Waals surface area contributed by atoms with Crippen molar-refractivity contribution in [2.45, 2.75) is 25.0 Å². The molecule has 82 valence electrons. The topological polar surface area (TPSA) is 58.3 Å². The second kappa shape index (κ2) is 4.31. The lowest BCUT2D eigenvalue weighted by Crippen LogP contribution is -2.33. The lowest BCUT2D eigenvalue weighted by molar-refractivity contribution is 0.0619. The zero-order valence-electron chi connectivity index (χ0n) is 8.87. The van der Waals surface area contributed by atoms with Crippen molar-refractivity contribution in [3.05, 3.63) is 35.4 Å². The molecular weight excluding hydrogens is 188 g/mol. The number of hydrogen-bond acceptors (Lipinski definition) is 3. The summed E-state index contributed by atoms with van der Waals surface area (Å²) in [5, 5.41) is 13.4. The van der Waals surface area contributed by atoms with Crippen LogP contribution in [0.3, 0.4) is 0 Å². The third kappa shape index (κ3) is 2.56. The van der Waals surface area contributed by atoms with Gasteiger partial charge < -0.3 is 16.2 Å². The summed E-state index contributed by atoms with van der Waals surface area (Å²) in [7, 11) is 0. The minimum atomic E-state index is -0.551. The van der Waals surface area contributed by atoms with Crippen molar-refractivity contribution in [3.63, 3.8) is 0 Å². The van der Waals surface area contributed by atoms with Crippen LogP contribution in [0, 0.1) is 0 Å². The van der Waals surface area contributed by atoms with E-state index in [4.69, 9.17) is 5.73 Å². The largest absolute Gasteiger partial charge is 0.388 e. The summed E-state index contributed by atoms with van der Waals surface area (Å²) in [5.41, 5.74) is 7.29. The molecule has 1 unspecified atom stereocenters. The van der Waals surface area contributed by atoms with Crippen molar-refractivity contribution < 1.29 is 5.11 Å². The van der Waals surface area contributed by atoms with Crippen LogP contribution < -0.4 is 11.1 Å². The lowest BCUT2D eigenvalue weighted by Gasteiger charge is -2.21. The molecule has 0 amide bonds. The van der Waals surface area contributed by atoms with Gasteiger partial charge in [-0.15, -0.1) is 0 Å². The number of aliphatic hydroxyl groups is 1. The number of nitrogens with one attached hydrogen (secondary N) is 1. The van der Waals surface area contributed by atoms with E-state index in [9.17, 15) is 5.11 Å². The van der Waals surface area contributed by atoms with Crippen LogP contribution in [0.1, 0.15) is 17.5 Å². The van der Waals surface area contributed by atoms with Crippen molar-refractivity contribution in [3.8, 4) is 0 Å². The van der Waals surface area contributed by atoms with E-state index in [2.05, 4.69) is 17.4 Å². The maximum atomic E-state index is 10.2. The van der Waals surface area contributed by atoms with Gasteiger partial charge in [-0.1, -0.05) is 24.3 Å². The van der Waals surface area contributed by atoms with E-state index in [0.717, 1.165) is 24.9 Å². The van der Waals surface area contributed by atoms with Gasteiger partial charge in [0.05, 0.1) is 5.60 Å². The van der Waals surface area contributed by atoms with Gasteiger partial charge in [0, 0.05) is 19.5 Å². The van der Waals surface area contributed by atoms with Crippen LogP contribution >= 0.6 is 0 Å². The number of β-amino-alcohol motifs (C(OH)–C–C–N with tert-alkyl or cyclic N) is 1. The van der Waals surface area contributed by atoms with E-state index in [1.807, 2.05) is 12.1 Å². The zero-order valence-corrected chi connectivity index (χ0v) is 8.87. The molecule has 3 heteroatoms. The van der Waals surface area contributed by atoms with E-state index >= 15 is 0 Å². The van der Waals surface area contributed by atoms with Crippen LogP contribution in [0.15, 0.2) is 24.3 Å². The number of rotatable bonds is 3. The highest BCUT2D eigenvalue weighted by Gasteiger charge is 2.30. The molecule has 1 aromatic rings. The summed E-state index contributed by atoms with van der Waals surface area (Å²) in [6.45, 7) is 2.19. The molecular formula is C12H18N2O. The molecule has 4 N–H and O–H groups in total. The van der Waals surface area contributed by atoms with E-state index in [1.165, 1.54) is 5.56 Å². The molecule has 0 aliphatic carbocycles. The molecule has 0 saturated carbocycles. The van der Waals surface area contributed by atoms with Gasteiger partial charge in [0.15, 0.2) is 0 Å². The van der Waals surface area contributed by atoms with Gasteiger partial charge in [-0.2, -0.15) is 0 Å². The van der Waals surface area contributed by atoms with Gasteiger partial charge in [0.2, 0.25) is 0 Å². The second-order valence-corrected chi connectivity index (χ2v) is 4.35. The summed E-state index contributed by atoms with van der Waals surface area (Å²) >= 11 is 0. The Morgan fingerprint density at radius 2 is 1.93 bits per heavy atom. The Labute approximate surface area is 90.3 Å². The van der Waals surface area contributed by atoms with Gasteiger partial charge >= 0.3 is 0 Å².